The molecule has 0 amide bonds. The molecule has 0 aliphatic heterocycles. The molecule has 14 heteroatoms. The fourth-order valence-electron chi connectivity index (χ4n) is 6.31. The minimum atomic E-state index is -0.167. The number of hydrazine groups is 1. The van der Waals surface area contributed by atoms with Gasteiger partial charge in [0.2, 0.25) is 11.9 Å². The van der Waals surface area contributed by atoms with Gasteiger partial charge in [0.25, 0.3) is 0 Å². The molecular formula is C55H58N8O6. The van der Waals surface area contributed by atoms with Crippen molar-refractivity contribution in [2.75, 3.05) is 45.4 Å². The fraction of sp³-hybridized carbons (Fsp3) is 0.164. The summed E-state index contributed by atoms with van der Waals surface area (Å²) in [6.45, 7) is 5.16. The van der Waals surface area contributed by atoms with Crippen LogP contribution in [-0.4, -0.2) is 84.2 Å². The van der Waals surface area contributed by atoms with Crippen molar-refractivity contribution in [3.8, 4) is 68.0 Å². The highest BCUT2D eigenvalue weighted by atomic mass is 16.5. The molecule has 354 valence electrons. The lowest BCUT2D eigenvalue weighted by Crippen LogP contribution is -2.27. The average molecular weight is 927 g/mol. The lowest BCUT2D eigenvalue weighted by Gasteiger charge is -2.14. The zero-order valence-electron chi connectivity index (χ0n) is 40.1. The summed E-state index contributed by atoms with van der Waals surface area (Å²) in [5.74, 6) is 8.62. The van der Waals surface area contributed by atoms with Crippen LogP contribution in [0.5, 0.6) is 23.0 Å². The number of carbonyl (C=O) groups excluding carboxylic acids is 1. The summed E-state index contributed by atoms with van der Waals surface area (Å²) in [7, 11) is 8.25. The quantitative estimate of drug-likeness (QED) is 0.0456. The van der Waals surface area contributed by atoms with E-state index in [4.69, 9.17) is 35.1 Å². The number of anilines is 2. The number of carbonyl (C=O) groups is 1. The smallest absolute Gasteiger partial charge is 0.247 e. The first-order chi connectivity index (χ1) is 33.3. The van der Waals surface area contributed by atoms with Crippen molar-refractivity contribution in [1.29, 1.82) is 0 Å². The number of rotatable bonds is 12. The summed E-state index contributed by atoms with van der Waals surface area (Å²) in [6.07, 6.45) is 2.28. The number of aromatic nitrogens is 4. The van der Waals surface area contributed by atoms with E-state index in [2.05, 4.69) is 15.1 Å². The maximum Gasteiger partial charge on any atom is 0.247 e. The Morgan fingerprint density at radius 2 is 0.942 bits per heavy atom. The number of ether oxygens (including phenoxy) is 3. The molecule has 4 N–H and O–H groups in total. The summed E-state index contributed by atoms with van der Waals surface area (Å²) in [5, 5.41) is 25.1. The topological polar surface area (TPSA) is 182 Å². The lowest BCUT2D eigenvalue weighted by molar-refractivity contribution is 0.112. The SMILES string of the molecule is CC(C)O.CN(N)c1nc(-c2ccccc2)cc(-c2ccccc2)n1.COc1cc(/C=N\N(C)c2nc(-c3ccccc3)cc(-c3ccccc3)n2)cc(OC)c1.COc1cc(C=O)cc(C)c1O. The molecule has 0 spiro atoms. The Kier molecular flexibility index (Phi) is 19.4. The number of phenolic OH excluding ortho intramolecular Hbond substituents is 1. The lowest BCUT2D eigenvalue weighted by atomic mass is 10.1. The molecule has 0 atom stereocenters. The number of aliphatic hydroxyl groups excluding tert-OH is 1. The van der Waals surface area contributed by atoms with Gasteiger partial charge in [0, 0.05) is 59.6 Å². The van der Waals surface area contributed by atoms with Crippen LogP contribution in [0.1, 0.15) is 35.3 Å². The molecule has 0 unspecified atom stereocenters. The van der Waals surface area contributed by atoms with Gasteiger partial charge in [-0.15, -0.1) is 0 Å². The predicted octanol–water partition coefficient (Wildman–Crippen LogP) is 10.3. The van der Waals surface area contributed by atoms with Crippen molar-refractivity contribution in [3.05, 3.63) is 180 Å². The standard InChI is InChI=1S/C26H24N4O2.C17H16N4.C9H10O3.C3H8O/c1-30(27-18-19-14-22(31-2)16-23(15-19)32-3)26-28-24(20-10-6-4-7-11-20)17-25(29-26)21-12-8-5-9-13-21;1-21(18)17-19-15(13-8-4-2-5-9-13)12-16(20-17)14-10-6-3-7-11-14;1-6-3-7(5-10)4-8(12-2)9(6)11;1-3(2)4/h4-18H,1-3H3;2-12H,18H2,1H3;3-5,11H,1-2H3;3-4H,1-2H3/b27-18-;;;. The maximum absolute atomic E-state index is 10.4. The van der Waals surface area contributed by atoms with Crippen LogP contribution >= 0.6 is 0 Å². The first-order valence-electron chi connectivity index (χ1n) is 21.8. The van der Waals surface area contributed by atoms with Crippen molar-refractivity contribution in [3.63, 3.8) is 0 Å². The number of aldehydes is 1. The van der Waals surface area contributed by atoms with Crippen LogP contribution in [-0.2, 0) is 0 Å². The number of hydrogen-bond donors (Lipinski definition) is 3. The molecule has 2 heterocycles. The Morgan fingerprint density at radius 1 is 0.565 bits per heavy atom. The Labute approximate surface area is 404 Å². The molecule has 0 aliphatic rings. The van der Waals surface area contributed by atoms with E-state index in [9.17, 15) is 9.90 Å². The zero-order valence-corrected chi connectivity index (χ0v) is 40.1. The van der Waals surface area contributed by atoms with Crippen LogP contribution in [0.4, 0.5) is 11.9 Å². The largest absolute Gasteiger partial charge is 0.504 e. The molecule has 6 aromatic carbocycles. The second kappa shape index (κ2) is 26.0. The van der Waals surface area contributed by atoms with E-state index in [1.807, 2.05) is 159 Å². The molecule has 2 aromatic heterocycles. The molecule has 14 nitrogen and oxygen atoms in total. The summed E-state index contributed by atoms with van der Waals surface area (Å²) >= 11 is 0. The summed E-state index contributed by atoms with van der Waals surface area (Å²) in [4.78, 5) is 29.0. The van der Waals surface area contributed by atoms with E-state index in [1.54, 1.807) is 59.3 Å². The van der Waals surface area contributed by atoms with E-state index < -0.39 is 0 Å². The first kappa shape index (κ1) is 51.5. The third kappa shape index (κ3) is 15.6. The third-order valence-corrected chi connectivity index (χ3v) is 9.71. The van der Waals surface area contributed by atoms with Gasteiger partial charge in [-0.2, -0.15) is 5.10 Å². The number of phenols is 1. The maximum atomic E-state index is 10.4. The molecule has 0 bridgehead atoms. The monoisotopic (exact) mass is 926 g/mol. The number of hydrazone groups is 1. The van der Waals surface area contributed by atoms with Gasteiger partial charge in [-0.25, -0.2) is 30.8 Å². The summed E-state index contributed by atoms with van der Waals surface area (Å²) in [6, 6.07) is 52.8. The Bertz CT molecular complexity index is 2730. The molecule has 0 aliphatic carbocycles. The number of nitrogens with zero attached hydrogens (tertiary/aromatic N) is 7. The number of aliphatic hydroxyl groups is 1. The van der Waals surface area contributed by atoms with Crippen LogP contribution in [0.3, 0.4) is 0 Å². The number of aromatic hydroxyl groups is 1. The van der Waals surface area contributed by atoms with Crippen LogP contribution in [0, 0.1) is 6.92 Å². The van der Waals surface area contributed by atoms with Gasteiger partial charge in [0.1, 0.15) is 17.8 Å². The highest BCUT2D eigenvalue weighted by Gasteiger charge is 2.13. The van der Waals surface area contributed by atoms with Gasteiger partial charge in [-0.3, -0.25) is 9.80 Å². The number of hydrogen-bond acceptors (Lipinski definition) is 14. The van der Waals surface area contributed by atoms with Crippen LogP contribution in [0.15, 0.2) is 169 Å². The average Bonchev–Trinajstić information content (AvgIpc) is 3.39. The van der Waals surface area contributed by atoms with E-state index in [0.29, 0.717) is 40.3 Å². The van der Waals surface area contributed by atoms with Crippen molar-refractivity contribution >= 4 is 24.4 Å². The molecule has 0 fully saturated rings. The second-order valence-corrected chi connectivity index (χ2v) is 15.5. The highest BCUT2D eigenvalue weighted by Crippen LogP contribution is 2.31. The molecule has 8 aromatic rings. The Morgan fingerprint density at radius 3 is 1.28 bits per heavy atom. The number of benzene rings is 6. The van der Waals surface area contributed by atoms with E-state index in [0.717, 1.165) is 56.9 Å². The van der Waals surface area contributed by atoms with Gasteiger partial charge in [-0.1, -0.05) is 121 Å². The van der Waals surface area contributed by atoms with Gasteiger partial charge < -0.3 is 24.4 Å². The molecular weight excluding hydrogens is 869 g/mol. The summed E-state index contributed by atoms with van der Waals surface area (Å²) < 4.78 is 15.5. The minimum absolute atomic E-state index is 0.0862. The van der Waals surface area contributed by atoms with Gasteiger partial charge in [0.05, 0.1) is 50.3 Å². The highest BCUT2D eigenvalue weighted by molar-refractivity contribution is 5.82. The molecule has 8 rings (SSSR count). The van der Waals surface area contributed by atoms with Gasteiger partial charge in [0.15, 0.2) is 11.5 Å². The minimum Gasteiger partial charge on any atom is -0.504 e. The number of aryl methyl sites for hydroxylation is 1. The van der Waals surface area contributed by atoms with Crippen LogP contribution < -0.4 is 30.1 Å². The second-order valence-electron chi connectivity index (χ2n) is 15.5. The normalized spacial score (nSPS) is 10.4. The van der Waals surface area contributed by atoms with Gasteiger partial charge in [-0.05, 0) is 62.7 Å². The van der Waals surface area contributed by atoms with Gasteiger partial charge >= 0.3 is 0 Å². The third-order valence-electron chi connectivity index (χ3n) is 9.71. The molecule has 0 saturated carbocycles. The summed E-state index contributed by atoms with van der Waals surface area (Å²) in [5.41, 5.74) is 9.48. The number of methoxy groups -OCH3 is 3. The zero-order chi connectivity index (χ0) is 49.7. The van der Waals surface area contributed by atoms with E-state index in [-0.39, 0.29) is 11.9 Å². The first-order valence-corrected chi connectivity index (χ1v) is 21.8. The fourth-order valence-corrected chi connectivity index (χ4v) is 6.31. The predicted molar refractivity (Wildman–Crippen MR) is 276 cm³/mol. The van der Waals surface area contributed by atoms with E-state index >= 15 is 0 Å². The van der Waals surface area contributed by atoms with Crippen molar-refractivity contribution in [2.45, 2.75) is 26.9 Å². The van der Waals surface area contributed by atoms with Crippen molar-refractivity contribution < 1.29 is 29.2 Å². The molecule has 0 radical (unpaired) electrons. The van der Waals surface area contributed by atoms with Crippen LogP contribution in [0.2, 0.25) is 0 Å². The van der Waals surface area contributed by atoms with Crippen molar-refractivity contribution in [2.24, 2.45) is 10.9 Å². The molecule has 0 saturated heterocycles. The molecule has 69 heavy (non-hydrogen) atoms. The van der Waals surface area contributed by atoms with Crippen LogP contribution in [0.25, 0.3) is 45.0 Å². The van der Waals surface area contributed by atoms with E-state index in [1.165, 1.54) is 18.2 Å². The Hall–Kier alpha value is -8.46. The van der Waals surface area contributed by atoms with Crippen molar-refractivity contribution in [1.82, 2.24) is 19.9 Å². The Balaban J connectivity index is 0.000000205. The number of nitrogens with two attached hydrogens (primary N) is 1.